The van der Waals surface area contributed by atoms with Crippen LogP contribution in [0.1, 0.15) is 36.0 Å². The van der Waals surface area contributed by atoms with Crippen molar-refractivity contribution in [3.8, 4) is 0 Å². The zero-order chi connectivity index (χ0) is 19.2. The topological polar surface area (TPSA) is 44.8 Å². The third-order valence-corrected chi connectivity index (χ3v) is 5.00. The van der Waals surface area contributed by atoms with Gasteiger partial charge in [0, 0.05) is 35.8 Å². The first kappa shape index (κ1) is 17.8. The summed E-state index contributed by atoms with van der Waals surface area (Å²) in [6.45, 7) is 3.20. The van der Waals surface area contributed by atoms with Gasteiger partial charge in [-0.1, -0.05) is 0 Å². The van der Waals surface area contributed by atoms with Crippen LogP contribution in [-0.2, 0) is 6.18 Å². The number of nitrogens with zero attached hydrogens (tertiary/aromatic N) is 3. The number of benzene rings is 1. The number of piperidine rings is 1. The van der Waals surface area contributed by atoms with Crippen LogP contribution in [0.15, 0.2) is 30.5 Å². The van der Waals surface area contributed by atoms with Crippen molar-refractivity contribution in [1.82, 2.24) is 15.0 Å². The fourth-order valence-corrected chi connectivity index (χ4v) is 3.65. The molecule has 142 valence electrons. The average Bonchev–Trinajstić information content (AvgIpc) is 3.12. The Kier molecular flexibility index (Phi) is 4.28. The lowest BCUT2D eigenvalue weighted by Gasteiger charge is -2.33. The summed E-state index contributed by atoms with van der Waals surface area (Å²) in [4.78, 5) is 12.9. The average molecular weight is 378 g/mol. The maximum absolute atomic E-state index is 13.7. The third kappa shape index (κ3) is 3.48. The first-order valence-corrected chi connectivity index (χ1v) is 8.75. The second-order valence-corrected chi connectivity index (χ2v) is 6.89. The summed E-state index contributed by atoms with van der Waals surface area (Å²) in [5, 5.41) is 0.747. The lowest BCUT2D eigenvalue weighted by Crippen LogP contribution is -2.33. The van der Waals surface area contributed by atoms with E-state index >= 15 is 0 Å². The predicted molar refractivity (Wildman–Crippen MR) is 94.2 cm³/mol. The molecule has 0 spiro atoms. The summed E-state index contributed by atoms with van der Waals surface area (Å²) in [5.41, 5.74) is 1.67. The Hall–Kier alpha value is -2.64. The minimum atomic E-state index is -4.41. The number of anilines is 1. The van der Waals surface area contributed by atoms with Gasteiger partial charge >= 0.3 is 6.18 Å². The predicted octanol–water partition coefficient (Wildman–Crippen LogP) is 4.81. The lowest BCUT2D eigenvalue weighted by molar-refractivity contribution is -0.141. The zero-order valence-electron chi connectivity index (χ0n) is 14.6. The first-order valence-electron chi connectivity index (χ1n) is 8.75. The first-order chi connectivity index (χ1) is 12.8. The van der Waals surface area contributed by atoms with E-state index in [4.69, 9.17) is 0 Å². The number of rotatable bonds is 2. The number of aromatic nitrogens is 3. The van der Waals surface area contributed by atoms with Crippen LogP contribution in [0.4, 0.5) is 23.2 Å². The van der Waals surface area contributed by atoms with Gasteiger partial charge in [-0.2, -0.15) is 13.2 Å². The second-order valence-electron chi connectivity index (χ2n) is 6.89. The molecule has 8 heteroatoms. The van der Waals surface area contributed by atoms with Crippen molar-refractivity contribution in [2.45, 2.75) is 31.9 Å². The van der Waals surface area contributed by atoms with Gasteiger partial charge in [0.2, 0.25) is 0 Å². The van der Waals surface area contributed by atoms with Gasteiger partial charge < -0.3 is 9.88 Å². The number of nitrogens with one attached hydrogen (secondary N) is 1. The van der Waals surface area contributed by atoms with E-state index in [1.807, 2.05) is 13.0 Å². The minimum Gasteiger partial charge on any atom is -0.371 e. The number of hydrogen-bond acceptors (Lipinski definition) is 3. The van der Waals surface area contributed by atoms with Gasteiger partial charge in [-0.3, -0.25) is 4.98 Å². The number of fused-ring (bicyclic) bond motifs is 1. The van der Waals surface area contributed by atoms with Crippen molar-refractivity contribution in [3.63, 3.8) is 0 Å². The highest BCUT2D eigenvalue weighted by Crippen LogP contribution is 2.35. The van der Waals surface area contributed by atoms with Crippen LogP contribution in [-0.4, -0.2) is 28.0 Å². The van der Waals surface area contributed by atoms with Crippen molar-refractivity contribution in [3.05, 3.63) is 53.5 Å². The summed E-state index contributed by atoms with van der Waals surface area (Å²) in [6.07, 6.45) is -2.22. The molecule has 0 saturated carbocycles. The summed E-state index contributed by atoms with van der Waals surface area (Å²) in [7, 11) is 0. The molecule has 4 rings (SSSR count). The van der Waals surface area contributed by atoms with E-state index in [1.54, 1.807) is 6.07 Å². The molecule has 1 aliphatic heterocycles. The molecule has 1 aromatic carbocycles. The second kappa shape index (κ2) is 6.51. The van der Waals surface area contributed by atoms with Crippen molar-refractivity contribution < 1.29 is 17.6 Å². The smallest absolute Gasteiger partial charge is 0.371 e. The molecule has 0 aliphatic carbocycles. The van der Waals surface area contributed by atoms with Crippen molar-refractivity contribution in [2.24, 2.45) is 0 Å². The highest BCUT2D eigenvalue weighted by molar-refractivity contribution is 5.92. The molecule has 0 atom stereocenters. The largest absolute Gasteiger partial charge is 0.432 e. The normalized spacial score (nSPS) is 16.3. The van der Waals surface area contributed by atoms with Gasteiger partial charge in [-0.25, -0.2) is 9.37 Å². The van der Waals surface area contributed by atoms with Crippen LogP contribution in [0.25, 0.3) is 10.9 Å². The van der Waals surface area contributed by atoms with Gasteiger partial charge in [0.05, 0.1) is 11.7 Å². The molecule has 0 bridgehead atoms. The minimum absolute atomic E-state index is 0.0525. The molecular weight excluding hydrogens is 360 g/mol. The molecule has 1 fully saturated rings. The van der Waals surface area contributed by atoms with E-state index in [0.717, 1.165) is 28.5 Å². The molecular formula is C19H18F4N4. The van der Waals surface area contributed by atoms with Crippen LogP contribution in [0.3, 0.4) is 0 Å². The highest BCUT2D eigenvalue weighted by atomic mass is 19.4. The van der Waals surface area contributed by atoms with Gasteiger partial charge in [-0.15, -0.1) is 0 Å². The Morgan fingerprint density at radius 3 is 2.56 bits per heavy atom. The molecule has 1 saturated heterocycles. The zero-order valence-corrected chi connectivity index (χ0v) is 14.6. The number of aryl methyl sites for hydroxylation is 1. The highest BCUT2D eigenvalue weighted by Gasteiger charge is 2.34. The molecule has 2 aromatic heterocycles. The SMILES string of the molecule is Cc1cc(N2CCC(c3ncc(C(F)(F)F)[nH]3)CC2)c2cc(F)ccc2n1. The van der Waals surface area contributed by atoms with E-state index in [0.29, 0.717) is 31.8 Å². The van der Waals surface area contributed by atoms with Gasteiger partial charge in [-0.05, 0) is 44.0 Å². The Morgan fingerprint density at radius 2 is 1.89 bits per heavy atom. The number of H-pyrrole nitrogens is 1. The molecule has 4 nitrogen and oxygen atoms in total. The molecule has 0 unspecified atom stereocenters. The van der Waals surface area contributed by atoms with E-state index in [-0.39, 0.29) is 11.7 Å². The van der Waals surface area contributed by atoms with Crippen LogP contribution < -0.4 is 4.90 Å². The van der Waals surface area contributed by atoms with E-state index in [9.17, 15) is 17.6 Å². The van der Waals surface area contributed by atoms with Crippen LogP contribution in [0.5, 0.6) is 0 Å². The van der Waals surface area contributed by atoms with Crippen LogP contribution >= 0.6 is 0 Å². The standard InChI is InChI=1S/C19H18F4N4/c1-11-8-16(14-9-13(20)2-3-15(14)25-11)27-6-4-12(5-7-27)18-24-10-17(26-18)19(21,22)23/h2-3,8-10,12H,4-7H2,1H3,(H,24,26). The Labute approximate surface area is 153 Å². The molecule has 1 N–H and O–H groups in total. The Balaban J connectivity index is 1.55. The summed E-state index contributed by atoms with van der Waals surface area (Å²) >= 11 is 0. The number of pyridine rings is 1. The Bertz CT molecular complexity index is 971. The molecule has 3 heterocycles. The van der Waals surface area contributed by atoms with E-state index in [2.05, 4.69) is 19.9 Å². The summed E-state index contributed by atoms with van der Waals surface area (Å²) < 4.78 is 52.0. The Morgan fingerprint density at radius 1 is 1.15 bits per heavy atom. The third-order valence-electron chi connectivity index (χ3n) is 5.00. The number of imidazole rings is 1. The van der Waals surface area contributed by atoms with Gasteiger partial charge in [0.15, 0.2) is 0 Å². The van der Waals surface area contributed by atoms with E-state index in [1.165, 1.54) is 12.1 Å². The number of aromatic amines is 1. The van der Waals surface area contributed by atoms with Crippen LogP contribution in [0, 0.1) is 12.7 Å². The lowest BCUT2D eigenvalue weighted by atomic mass is 9.95. The number of hydrogen-bond donors (Lipinski definition) is 1. The maximum Gasteiger partial charge on any atom is 0.432 e. The number of halogens is 4. The van der Waals surface area contributed by atoms with Gasteiger partial charge in [0.25, 0.3) is 0 Å². The summed E-state index contributed by atoms with van der Waals surface area (Å²) in [5.74, 6) is 0.00613. The monoisotopic (exact) mass is 378 g/mol. The molecule has 27 heavy (non-hydrogen) atoms. The quantitative estimate of drug-likeness (QED) is 0.651. The van der Waals surface area contributed by atoms with Crippen molar-refractivity contribution >= 4 is 16.6 Å². The van der Waals surface area contributed by atoms with Gasteiger partial charge in [0.1, 0.15) is 17.3 Å². The fraction of sp³-hybridized carbons (Fsp3) is 0.368. The number of alkyl halides is 3. The fourth-order valence-electron chi connectivity index (χ4n) is 3.65. The molecule has 1 aliphatic rings. The van der Waals surface area contributed by atoms with E-state index < -0.39 is 11.9 Å². The van der Waals surface area contributed by atoms with Crippen LogP contribution in [0.2, 0.25) is 0 Å². The molecule has 3 aromatic rings. The summed E-state index contributed by atoms with van der Waals surface area (Å²) in [6, 6.07) is 6.46. The molecule has 0 radical (unpaired) electrons. The maximum atomic E-state index is 13.7. The van der Waals surface area contributed by atoms with Crippen molar-refractivity contribution in [1.29, 1.82) is 0 Å². The van der Waals surface area contributed by atoms with Crippen molar-refractivity contribution in [2.75, 3.05) is 18.0 Å². The molecule has 0 amide bonds.